The summed E-state index contributed by atoms with van der Waals surface area (Å²) < 4.78 is 10.1. The smallest absolute Gasteiger partial charge is 0.273 e. The highest BCUT2D eigenvalue weighted by Crippen LogP contribution is 2.36. The van der Waals surface area contributed by atoms with Gasteiger partial charge in [-0.3, -0.25) is 4.79 Å². The van der Waals surface area contributed by atoms with E-state index in [0.29, 0.717) is 11.1 Å². The Hall–Kier alpha value is -3.06. The zero-order valence-corrected chi connectivity index (χ0v) is 13.3. The van der Waals surface area contributed by atoms with Crippen LogP contribution in [0.3, 0.4) is 0 Å². The normalized spacial score (nSPS) is 12.0. The Morgan fingerprint density at radius 3 is 2.29 bits per heavy atom. The molecule has 0 heterocycles. The largest absolute Gasteiger partial charge is 0.502 e. The number of methoxy groups -OCH3 is 2. The number of aliphatic hydroxyl groups is 1. The average molecular weight is 330 g/mol. The van der Waals surface area contributed by atoms with E-state index < -0.39 is 12.0 Å². The lowest BCUT2D eigenvalue weighted by Gasteiger charge is -2.10. The molecule has 0 aliphatic rings. The SMILES string of the molecule is COc1cc(/C=N\NC(=O)[C@@H](O)c2ccccc2)cc(OC)c1O. The lowest BCUT2D eigenvalue weighted by atomic mass is 10.1. The third kappa shape index (κ3) is 4.02. The average Bonchev–Trinajstić information content (AvgIpc) is 2.62. The highest BCUT2D eigenvalue weighted by Gasteiger charge is 2.16. The van der Waals surface area contributed by atoms with Crippen molar-refractivity contribution < 1.29 is 24.5 Å². The zero-order chi connectivity index (χ0) is 17.5. The molecule has 0 fully saturated rings. The van der Waals surface area contributed by atoms with Crippen molar-refractivity contribution in [2.45, 2.75) is 6.10 Å². The number of aliphatic hydroxyl groups excluding tert-OH is 1. The van der Waals surface area contributed by atoms with Gasteiger partial charge in [0.15, 0.2) is 17.6 Å². The number of hydrazone groups is 1. The van der Waals surface area contributed by atoms with Gasteiger partial charge in [0.1, 0.15) is 0 Å². The molecule has 1 atom stereocenters. The first-order valence-corrected chi connectivity index (χ1v) is 7.07. The maximum Gasteiger partial charge on any atom is 0.273 e. The first kappa shape index (κ1) is 17.3. The van der Waals surface area contributed by atoms with E-state index in [2.05, 4.69) is 10.5 Å². The van der Waals surface area contributed by atoms with Crippen LogP contribution in [0.1, 0.15) is 17.2 Å². The minimum absolute atomic E-state index is 0.124. The van der Waals surface area contributed by atoms with Gasteiger partial charge >= 0.3 is 0 Å². The van der Waals surface area contributed by atoms with Crippen LogP contribution in [0.2, 0.25) is 0 Å². The molecule has 0 saturated carbocycles. The summed E-state index contributed by atoms with van der Waals surface area (Å²) in [5.41, 5.74) is 3.26. The number of aromatic hydroxyl groups is 1. The van der Waals surface area contributed by atoms with Crippen molar-refractivity contribution in [2.75, 3.05) is 14.2 Å². The van der Waals surface area contributed by atoms with E-state index in [1.165, 1.54) is 32.6 Å². The number of carbonyl (C=O) groups excluding carboxylic acids is 1. The standard InChI is InChI=1S/C17H18N2O5/c1-23-13-8-11(9-14(24-2)16(13)21)10-18-19-17(22)15(20)12-6-4-3-5-7-12/h3-10,15,20-21H,1-2H3,(H,19,22)/b18-10-/t15-/m0/s1. The molecule has 0 aliphatic heterocycles. The molecule has 1 amide bonds. The van der Waals surface area contributed by atoms with E-state index in [4.69, 9.17) is 9.47 Å². The fourth-order valence-electron chi connectivity index (χ4n) is 2.01. The molecule has 7 nitrogen and oxygen atoms in total. The molecule has 0 aliphatic carbocycles. The number of ether oxygens (including phenoxy) is 2. The van der Waals surface area contributed by atoms with Crippen LogP contribution in [0.4, 0.5) is 0 Å². The molecule has 2 aromatic carbocycles. The maximum absolute atomic E-state index is 11.9. The van der Waals surface area contributed by atoms with Gasteiger partial charge in [-0.25, -0.2) is 5.43 Å². The summed E-state index contributed by atoms with van der Waals surface area (Å²) in [7, 11) is 2.82. The highest BCUT2D eigenvalue weighted by atomic mass is 16.5. The Morgan fingerprint density at radius 1 is 1.17 bits per heavy atom. The van der Waals surface area contributed by atoms with Gasteiger partial charge in [-0.05, 0) is 17.7 Å². The monoisotopic (exact) mass is 330 g/mol. The lowest BCUT2D eigenvalue weighted by molar-refractivity contribution is -0.129. The number of amides is 1. The molecule has 0 aromatic heterocycles. The number of rotatable bonds is 6. The number of hydrogen-bond acceptors (Lipinski definition) is 6. The fourth-order valence-corrected chi connectivity index (χ4v) is 2.01. The number of nitrogens with zero attached hydrogens (tertiary/aromatic N) is 1. The minimum Gasteiger partial charge on any atom is -0.502 e. The molecule has 2 rings (SSSR count). The van der Waals surface area contributed by atoms with Gasteiger partial charge < -0.3 is 19.7 Å². The molecule has 0 saturated heterocycles. The number of nitrogens with one attached hydrogen (secondary N) is 1. The summed E-state index contributed by atoms with van der Waals surface area (Å²) >= 11 is 0. The summed E-state index contributed by atoms with van der Waals surface area (Å²) in [5.74, 6) is -0.353. The number of hydrogen-bond donors (Lipinski definition) is 3. The van der Waals surface area contributed by atoms with Gasteiger partial charge in [0.05, 0.1) is 20.4 Å². The van der Waals surface area contributed by atoms with Crippen molar-refractivity contribution >= 4 is 12.1 Å². The summed E-state index contributed by atoms with van der Waals surface area (Å²) in [4.78, 5) is 11.9. The quantitative estimate of drug-likeness (QED) is 0.552. The summed E-state index contributed by atoms with van der Waals surface area (Å²) in [6.45, 7) is 0. The topological polar surface area (TPSA) is 100 Å². The molecular weight excluding hydrogens is 312 g/mol. The molecular formula is C17H18N2O5. The van der Waals surface area contributed by atoms with Crippen LogP contribution in [-0.4, -0.2) is 36.6 Å². The molecule has 7 heteroatoms. The first-order chi connectivity index (χ1) is 11.6. The van der Waals surface area contributed by atoms with Crippen LogP contribution in [0.25, 0.3) is 0 Å². The van der Waals surface area contributed by atoms with Gasteiger partial charge in [-0.1, -0.05) is 30.3 Å². The Labute approximate surface area is 139 Å². The van der Waals surface area contributed by atoms with Crippen molar-refractivity contribution in [1.82, 2.24) is 5.43 Å². The van der Waals surface area contributed by atoms with E-state index in [0.717, 1.165) is 0 Å². The second kappa shape index (κ2) is 7.98. The van der Waals surface area contributed by atoms with Crippen LogP contribution < -0.4 is 14.9 Å². The highest BCUT2D eigenvalue weighted by molar-refractivity contribution is 5.86. The van der Waals surface area contributed by atoms with Crippen molar-refractivity contribution in [3.63, 3.8) is 0 Å². The predicted molar refractivity (Wildman–Crippen MR) is 88.3 cm³/mol. The van der Waals surface area contributed by atoms with E-state index in [1.54, 1.807) is 30.3 Å². The Bertz CT molecular complexity index is 706. The molecule has 126 valence electrons. The molecule has 0 bridgehead atoms. The molecule has 0 radical (unpaired) electrons. The molecule has 2 aromatic rings. The number of phenols is 1. The maximum atomic E-state index is 11.9. The second-order valence-electron chi connectivity index (χ2n) is 4.82. The van der Waals surface area contributed by atoms with Crippen molar-refractivity contribution in [1.29, 1.82) is 0 Å². The van der Waals surface area contributed by atoms with Gasteiger partial charge in [-0.2, -0.15) is 5.10 Å². The van der Waals surface area contributed by atoms with Crippen LogP contribution in [0.5, 0.6) is 17.2 Å². The number of benzene rings is 2. The van der Waals surface area contributed by atoms with Crippen LogP contribution in [-0.2, 0) is 4.79 Å². The van der Waals surface area contributed by atoms with E-state index in [9.17, 15) is 15.0 Å². The van der Waals surface area contributed by atoms with E-state index in [1.807, 2.05) is 0 Å². The number of carbonyl (C=O) groups is 1. The molecule has 3 N–H and O–H groups in total. The summed E-state index contributed by atoms with van der Waals surface area (Å²) in [6, 6.07) is 11.6. The molecule has 0 spiro atoms. The lowest BCUT2D eigenvalue weighted by Crippen LogP contribution is -2.25. The fraction of sp³-hybridized carbons (Fsp3) is 0.176. The Kier molecular flexibility index (Phi) is 5.75. The first-order valence-electron chi connectivity index (χ1n) is 7.07. The van der Waals surface area contributed by atoms with Gasteiger partial charge in [0.25, 0.3) is 5.91 Å². The summed E-state index contributed by atoms with van der Waals surface area (Å²) in [6.07, 6.45) is 0.0346. The van der Waals surface area contributed by atoms with Crippen LogP contribution in [0.15, 0.2) is 47.6 Å². The van der Waals surface area contributed by atoms with Crippen LogP contribution >= 0.6 is 0 Å². The Balaban J connectivity index is 2.07. The number of phenolic OH excluding ortho intramolecular Hbond substituents is 1. The third-order valence-electron chi connectivity index (χ3n) is 3.25. The van der Waals surface area contributed by atoms with Crippen LogP contribution in [0, 0.1) is 0 Å². The van der Waals surface area contributed by atoms with Gasteiger partial charge in [-0.15, -0.1) is 0 Å². The minimum atomic E-state index is -1.31. The van der Waals surface area contributed by atoms with E-state index in [-0.39, 0.29) is 17.2 Å². The zero-order valence-electron chi connectivity index (χ0n) is 13.3. The predicted octanol–water partition coefficient (Wildman–Crippen LogP) is 1.59. The van der Waals surface area contributed by atoms with Crippen molar-refractivity contribution in [3.8, 4) is 17.2 Å². The van der Waals surface area contributed by atoms with E-state index >= 15 is 0 Å². The van der Waals surface area contributed by atoms with Crippen molar-refractivity contribution in [3.05, 3.63) is 53.6 Å². The Morgan fingerprint density at radius 2 is 1.75 bits per heavy atom. The van der Waals surface area contributed by atoms with Crippen molar-refractivity contribution in [2.24, 2.45) is 5.10 Å². The van der Waals surface area contributed by atoms with Gasteiger partial charge in [0, 0.05) is 5.56 Å². The molecule has 24 heavy (non-hydrogen) atoms. The second-order valence-corrected chi connectivity index (χ2v) is 4.82. The third-order valence-corrected chi connectivity index (χ3v) is 3.25. The van der Waals surface area contributed by atoms with Gasteiger partial charge in [0.2, 0.25) is 5.75 Å². The summed E-state index contributed by atoms with van der Waals surface area (Å²) in [5, 5.41) is 23.5. The molecule has 0 unspecified atom stereocenters.